The van der Waals surface area contributed by atoms with E-state index in [9.17, 15) is 4.79 Å². The average molecular weight is 436 g/mol. The van der Waals surface area contributed by atoms with Crippen molar-refractivity contribution in [3.63, 3.8) is 0 Å². The Balaban J connectivity index is 1.87. The number of ether oxygens (including phenoxy) is 1. The van der Waals surface area contributed by atoms with E-state index in [1.54, 1.807) is 6.92 Å². The summed E-state index contributed by atoms with van der Waals surface area (Å²) in [5.74, 6) is 0.818. The zero-order valence-corrected chi connectivity index (χ0v) is 16.4. The summed E-state index contributed by atoms with van der Waals surface area (Å²) in [6, 6.07) is 7.21. The number of aliphatic hydroxyl groups is 1. The van der Waals surface area contributed by atoms with Crippen LogP contribution in [0.3, 0.4) is 0 Å². The first-order valence-corrected chi connectivity index (χ1v) is 9.61. The van der Waals surface area contributed by atoms with Gasteiger partial charge in [0.2, 0.25) is 0 Å². The third kappa shape index (κ3) is 3.98. The number of nitrogens with zero attached hydrogens (tertiary/aromatic N) is 1. The van der Waals surface area contributed by atoms with E-state index in [1.807, 2.05) is 29.6 Å². The van der Waals surface area contributed by atoms with Gasteiger partial charge in [-0.05, 0) is 36.6 Å². The molecule has 0 bridgehead atoms. The molecule has 1 amide bonds. The molecular weight excluding hydrogens is 418 g/mol. The summed E-state index contributed by atoms with van der Waals surface area (Å²) in [4.78, 5) is 16.6. The summed E-state index contributed by atoms with van der Waals surface area (Å²) in [5.41, 5.74) is 7.37. The normalized spacial score (nSPS) is 12.1. The topological polar surface area (TPSA) is 97.5 Å². The molecule has 0 saturated heterocycles. The van der Waals surface area contributed by atoms with E-state index in [0.29, 0.717) is 18.0 Å². The van der Waals surface area contributed by atoms with Crippen molar-refractivity contribution < 1.29 is 14.6 Å². The summed E-state index contributed by atoms with van der Waals surface area (Å²) in [6.45, 7) is 1.92. The minimum atomic E-state index is -0.338. The molecule has 136 valence electrons. The highest BCUT2D eigenvalue weighted by Gasteiger charge is 2.18. The van der Waals surface area contributed by atoms with E-state index in [0.717, 1.165) is 25.9 Å². The van der Waals surface area contributed by atoms with Crippen LogP contribution in [0.1, 0.15) is 22.8 Å². The first kappa shape index (κ1) is 18.6. The third-order valence-electron chi connectivity index (χ3n) is 3.80. The van der Waals surface area contributed by atoms with Crippen LogP contribution in [0.4, 0.5) is 5.82 Å². The maximum absolute atomic E-state index is 12.4. The van der Waals surface area contributed by atoms with Crippen molar-refractivity contribution in [2.45, 2.75) is 19.6 Å². The van der Waals surface area contributed by atoms with Gasteiger partial charge in [0.25, 0.3) is 5.91 Å². The highest BCUT2D eigenvalue weighted by Crippen LogP contribution is 2.33. The number of rotatable bonds is 6. The predicted octanol–water partition coefficient (Wildman–Crippen LogP) is 3.33. The molecule has 4 N–H and O–H groups in total. The molecule has 8 heteroatoms. The van der Waals surface area contributed by atoms with Crippen LogP contribution in [0.2, 0.25) is 0 Å². The molecule has 0 aliphatic carbocycles. The van der Waals surface area contributed by atoms with Gasteiger partial charge in [0.1, 0.15) is 18.2 Å². The predicted molar refractivity (Wildman–Crippen MR) is 107 cm³/mol. The highest BCUT2D eigenvalue weighted by atomic mass is 79.9. The number of nitrogens with one attached hydrogen (secondary N) is 1. The average Bonchev–Trinajstić information content (AvgIpc) is 3.06. The number of aromatic nitrogens is 1. The maximum atomic E-state index is 12.4. The molecule has 3 aromatic rings. The van der Waals surface area contributed by atoms with Crippen molar-refractivity contribution in [3.05, 3.63) is 51.4 Å². The number of pyridine rings is 1. The molecule has 0 fully saturated rings. The van der Waals surface area contributed by atoms with Crippen LogP contribution < -0.4 is 15.8 Å². The number of aliphatic hydroxyl groups excluding tert-OH is 1. The van der Waals surface area contributed by atoms with Gasteiger partial charge < -0.3 is 20.9 Å². The molecule has 2 aromatic heterocycles. The minimum absolute atomic E-state index is 0.131. The first-order chi connectivity index (χ1) is 12.5. The number of hydrogen-bond donors (Lipinski definition) is 3. The van der Waals surface area contributed by atoms with Crippen molar-refractivity contribution in [1.29, 1.82) is 0 Å². The number of anilines is 1. The molecule has 0 aliphatic heterocycles. The van der Waals surface area contributed by atoms with Crippen molar-refractivity contribution in [2.75, 3.05) is 12.3 Å². The summed E-state index contributed by atoms with van der Waals surface area (Å²) in [7, 11) is 0. The van der Waals surface area contributed by atoms with Gasteiger partial charge in [-0.3, -0.25) is 4.79 Å². The number of carbonyl (C=O) groups is 1. The number of hydrogen-bond acceptors (Lipinski definition) is 6. The maximum Gasteiger partial charge on any atom is 0.254 e. The Morgan fingerprint density at radius 3 is 2.85 bits per heavy atom. The number of thiophene rings is 1. The SMILES string of the molecule is CC(CO)NC(=O)c1cnc(N)c2c(COc3ccc(Br)cc3)csc12. The van der Waals surface area contributed by atoms with Gasteiger partial charge in [0.05, 0.1) is 16.9 Å². The second-order valence-corrected chi connectivity index (χ2v) is 7.62. The molecule has 26 heavy (non-hydrogen) atoms. The van der Waals surface area contributed by atoms with Gasteiger partial charge in [-0.2, -0.15) is 0 Å². The van der Waals surface area contributed by atoms with E-state index >= 15 is 0 Å². The number of nitrogen functional groups attached to an aromatic ring is 1. The summed E-state index contributed by atoms with van der Waals surface area (Å²) in [5, 5.41) is 14.5. The van der Waals surface area contributed by atoms with Crippen LogP contribution in [-0.2, 0) is 6.61 Å². The van der Waals surface area contributed by atoms with Crippen molar-refractivity contribution in [3.8, 4) is 5.75 Å². The van der Waals surface area contributed by atoms with Crippen molar-refractivity contribution in [1.82, 2.24) is 10.3 Å². The van der Waals surface area contributed by atoms with Crippen LogP contribution in [-0.4, -0.2) is 28.6 Å². The summed E-state index contributed by atoms with van der Waals surface area (Å²) >= 11 is 4.81. The van der Waals surface area contributed by atoms with Gasteiger partial charge >= 0.3 is 0 Å². The Labute approximate surface area is 163 Å². The van der Waals surface area contributed by atoms with E-state index < -0.39 is 0 Å². The zero-order chi connectivity index (χ0) is 18.7. The fraction of sp³-hybridized carbons (Fsp3) is 0.222. The molecule has 2 heterocycles. The largest absolute Gasteiger partial charge is 0.489 e. The quantitative estimate of drug-likeness (QED) is 0.551. The molecule has 0 aliphatic rings. The first-order valence-electron chi connectivity index (χ1n) is 7.94. The van der Waals surface area contributed by atoms with Gasteiger partial charge in [-0.25, -0.2) is 4.98 Å². The van der Waals surface area contributed by atoms with Crippen LogP contribution in [0.5, 0.6) is 5.75 Å². The zero-order valence-electron chi connectivity index (χ0n) is 14.0. The van der Waals surface area contributed by atoms with Crippen molar-refractivity contribution >= 4 is 49.1 Å². The second kappa shape index (κ2) is 8.03. The highest BCUT2D eigenvalue weighted by molar-refractivity contribution is 9.10. The molecule has 3 rings (SSSR count). The van der Waals surface area contributed by atoms with E-state index in [1.165, 1.54) is 17.5 Å². The fourth-order valence-corrected chi connectivity index (χ4v) is 3.77. The summed E-state index contributed by atoms with van der Waals surface area (Å²) < 4.78 is 7.56. The molecule has 0 radical (unpaired) electrons. The molecule has 6 nitrogen and oxygen atoms in total. The number of nitrogens with two attached hydrogens (primary N) is 1. The lowest BCUT2D eigenvalue weighted by molar-refractivity contribution is 0.0924. The number of benzene rings is 1. The molecule has 0 spiro atoms. The van der Waals surface area contributed by atoms with Crippen LogP contribution >= 0.6 is 27.3 Å². The molecule has 1 unspecified atom stereocenters. The second-order valence-electron chi connectivity index (χ2n) is 5.82. The lowest BCUT2D eigenvalue weighted by atomic mass is 10.1. The van der Waals surface area contributed by atoms with Crippen LogP contribution in [0, 0.1) is 0 Å². The van der Waals surface area contributed by atoms with Crippen LogP contribution in [0.25, 0.3) is 10.1 Å². The number of fused-ring (bicyclic) bond motifs is 1. The lowest BCUT2D eigenvalue weighted by Gasteiger charge is -2.12. The van der Waals surface area contributed by atoms with Crippen molar-refractivity contribution in [2.24, 2.45) is 0 Å². The Hall–Kier alpha value is -2.16. The van der Waals surface area contributed by atoms with Gasteiger partial charge in [0.15, 0.2) is 0 Å². The van der Waals surface area contributed by atoms with Gasteiger partial charge in [-0.15, -0.1) is 11.3 Å². The smallest absolute Gasteiger partial charge is 0.254 e. The Morgan fingerprint density at radius 2 is 2.15 bits per heavy atom. The van der Waals surface area contributed by atoms with E-state index in [-0.39, 0.29) is 18.6 Å². The molecule has 1 aromatic carbocycles. The Kier molecular flexibility index (Phi) is 5.75. The summed E-state index contributed by atoms with van der Waals surface area (Å²) in [6.07, 6.45) is 1.47. The van der Waals surface area contributed by atoms with Gasteiger partial charge in [-0.1, -0.05) is 15.9 Å². The van der Waals surface area contributed by atoms with E-state index in [4.69, 9.17) is 15.6 Å². The minimum Gasteiger partial charge on any atom is -0.489 e. The standard InChI is InChI=1S/C18H18BrN3O3S/c1-10(7-23)22-18(24)14-6-21-17(20)15-11(9-26-16(14)15)8-25-13-4-2-12(19)3-5-13/h2-6,9-10,23H,7-8H2,1H3,(H2,20,21)(H,22,24). The number of halogens is 1. The Morgan fingerprint density at radius 1 is 1.42 bits per heavy atom. The fourth-order valence-electron chi connectivity index (χ4n) is 2.44. The van der Waals surface area contributed by atoms with E-state index in [2.05, 4.69) is 26.2 Å². The number of amides is 1. The molecule has 0 saturated carbocycles. The molecular formula is C18H18BrN3O3S. The number of carbonyl (C=O) groups excluding carboxylic acids is 1. The van der Waals surface area contributed by atoms with Crippen LogP contribution in [0.15, 0.2) is 40.3 Å². The molecule has 1 atom stereocenters. The monoisotopic (exact) mass is 435 g/mol. The lowest BCUT2D eigenvalue weighted by Crippen LogP contribution is -2.35. The third-order valence-corrected chi connectivity index (χ3v) is 5.40. The van der Waals surface area contributed by atoms with Gasteiger partial charge in [0, 0.05) is 27.7 Å². The Bertz CT molecular complexity index is 927.